The van der Waals surface area contributed by atoms with Gasteiger partial charge in [-0.3, -0.25) is 0 Å². The van der Waals surface area contributed by atoms with Gasteiger partial charge in [0, 0.05) is 16.1 Å². The van der Waals surface area contributed by atoms with Crippen molar-refractivity contribution >= 4 is 27.6 Å². The predicted molar refractivity (Wildman–Crippen MR) is 109 cm³/mol. The Labute approximate surface area is 166 Å². The molecule has 3 aromatic carbocycles. The Morgan fingerprint density at radius 2 is 1.85 bits per heavy atom. The van der Waals surface area contributed by atoms with Crippen molar-refractivity contribution in [3.8, 4) is 0 Å². The molecule has 3 aromatic rings. The number of carboxylic acids is 1. The van der Waals surface area contributed by atoms with Gasteiger partial charge in [-0.1, -0.05) is 52.3 Å². The lowest BCUT2D eigenvalue weighted by Gasteiger charge is -2.38. The third-order valence-electron chi connectivity index (χ3n) is 5.85. The highest BCUT2D eigenvalue weighted by atomic mass is 79.9. The molecule has 0 aromatic heterocycles. The lowest BCUT2D eigenvalue weighted by atomic mass is 9.75. The molecule has 0 radical (unpaired) electrons. The Kier molecular flexibility index (Phi) is 3.83. The van der Waals surface area contributed by atoms with Gasteiger partial charge in [0.15, 0.2) is 0 Å². The van der Waals surface area contributed by atoms with Crippen LogP contribution in [0.25, 0.3) is 0 Å². The zero-order chi connectivity index (χ0) is 18.5. The summed E-state index contributed by atoms with van der Waals surface area (Å²) in [5.41, 5.74) is 6.41. The highest BCUT2D eigenvalue weighted by Gasteiger charge is 2.43. The Bertz CT molecular complexity index is 1060. The summed E-state index contributed by atoms with van der Waals surface area (Å²) < 4.78 is 1.07. The van der Waals surface area contributed by atoms with Gasteiger partial charge in [-0.25, -0.2) is 4.79 Å². The number of aromatic carboxylic acids is 1. The van der Waals surface area contributed by atoms with Crippen LogP contribution in [0, 0.1) is 5.92 Å². The summed E-state index contributed by atoms with van der Waals surface area (Å²) in [6.45, 7) is 0. The van der Waals surface area contributed by atoms with Crippen molar-refractivity contribution in [3.05, 3.63) is 99.0 Å². The molecule has 27 heavy (non-hydrogen) atoms. The van der Waals surface area contributed by atoms with E-state index in [1.165, 1.54) is 16.7 Å². The lowest BCUT2D eigenvalue weighted by Crippen LogP contribution is -2.30. The van der Waals surface area contributed by atoms with Gasteiger partial charge in [0.05, 0.1) is 11.6 Å². The average molecular weight is 420 g/mol. The van der Waals surface area contributed by atoms with E-state index in [2.05, 4.69) is 63.7 Å². The molecule has 4 heteroatoms. The fraction of sp³-hybridized carbons (Fsp3) is 0.174. The van der Waals surface area contributed by atoms with Crippen LogP contribution in [0.3, 0.4) is 0 Å². The summed E-state index contributed by atoms with van der Waals surface area (Å²) >= 11 is 3.59. The molecule has 0 saturated carbocycles. The zero-order valence-electron chi connectivity index (χ0n) is 14.5. The number of hydrogen-bond acceptors (Lipinski definition) is 2. The van der Waals surface area contributed by atoms with Crippen LogP contribution in [-0.4, -0.2) is 11.1 Å². The van der Waals surface area contributed by atoms with Crippen molar-refractivity contribution in [1.82, 2.24) is 0 Å². The van der Waals surface area contributed by atoms with Crippen molar-refractivity contribution in [1.29, 1.82) is 0 Å². The molecule has 3 nitrogen and oxygen atoms in total. The quantitative estimate of drug-likeness (QED) is 0.566. The highest BCUT2D eigenvalue weighted by Crippen LogP contribution is 2.54. The predicted octanol–water partition coefficient (Wildman–Crippen LogP) is 5.62. The number of nitrogens with one attached hydrogen (secondary N) is 1. The van der Waals surface area contributed by atoms with Gasteiger partial charge in [-0.2, -0.15) is 0 Å². The fourth-order valence-electron chi connectivity index (χ4n) is 4.72. The fourth-order valence-corrected chi connectivity index (χ4v) is 5.14. The molecular formula is C23H18BrNO2. The van der Waals surface area contributed by atoms with E-state index in [4.69, 9.17) is 0 Å². The second-order valence-corrected chi connectivity index (χ2v) is 8.24. The smallest absolute Gasteiger partial charge is 0.335 e. The first-order valence-electron chi connectivity index (χ1n) is 9.09. The lowest BCUT2D eigenvalue weighted by molar-refractivity contribution is 0.0696. The van der Waals surface area contributed by atoms with E-state index in [0.29, 0.717) is 11.5 Å². The topological polar surface area (TPSA) is 49.3 Å². The summed E-state index contributed by atoms with van der Waals surface area (Å²) in [7, 11) is 0. The van der Waals surface area contributed by atoms with Crippen molar-refractivity contribution in [2.75, 3.05) is 5.32 Å². The number of anilines is 1. The molecule has 0 saturated heterocycles. The Morgan fingerprint density at radius 1 is 1.00 bits per heavy atom. The van der Waals surface area contributed by atoms with Crippen LogP contribution in [0.1, 0.15) is 44.6 Å². The summed E-state index contributed by atoms with van der Waals surface area (Å²) in [5, 5.41) is 13.2. The molecule has 1 heterocycles. The van der Waals surface area contributed by atoms with Gasteiger partial charge in [-0.05, 0) is 64.9 Å². The molecule has 2 N–H and O–H groups in total. The number of halogens is 1. The summed E-state index contributed by atoms with van der Waals surface area (Å²) in [5.74, 6) is -0.316. The van der Waals surface area contributed by atoms with Crippen LogP contribution in [0.15, 0.2) is 71.2 Å². The molecule has 3 atom stereocenters. The van der Waals surface area contributed by atoms with Crippen LogP contribution >= 0.6 is 15.9 Å². The Balaban J connectivity index is 1.69. The summed E-state index contributed by atoms with van der Waals surface area (Å²) in [6.07, 6.45) is 0.988. The van der Waals surface area contributed by atoms with Gasteiger partial charge in [0.1, 0.15) is 0 Å². The Morgan fingerprint density at radius 3 is 2.67 bits per heavy atom. The maximum absolute atomic E-state index is 11.5. The second kappa shape index (κ2) is 6.24. The summed E-state index contributed by atoms with van der Waals surface area (Å²) in [6, 6.07) is 22.7. The number of benzene rings is 3. The van der Waals surface area contributed by atoms with E-state index in [1.54, 1.807) is 6.07 Å². The van der Waals surface area contributed by atoms with E-state index >= 15 is 0 Å². The van der Waals surface area contributed by atoms with Gasteiger partial charge < -0.3 is 10.4 Å². The molecule has 0 amide bonds. The molecule has 2 aliphatic rings. The number of carboxylic acid groups (broad SMARTS) is 1. The minimum Gasteiger partial charge on any atom is -0.478 e. The van der Waals surface area contributed by atoms with Gasteiger partial charge in [-0.15, -0.1) is 0 Å². The van der Waals surface area contributed by atoms with Crippen LogP contribution in [0.2, 0.25) is 0 Å². The average Bonchev–Trinajstić information content (AvgIpc) is 3.06. The minimum absolute atomic E-state index is 0.183. The number of hydrogen-bond donors (Lipinski definition) is 2. The molecule has 134 valence electrons. The number of fused-ring (bicyclic) bond motifs is 5. The summed E-state index contributed by atoms with van der Waals surface area (Å²) in [4.78, 5) is 11.5. The third kappa shape index (κ3) is 2.67. The maximum Gasteiger partial charge on any atom is 0.335 e. The maximum atomic E-state index is 11.5. The first-order valence-corrected chi connectivity index (χ1v) is 9.88. The van der Waals surface area contributed by atoms with E-state index in [9.17, 15) is 9.90 Å². The normalized spacial score (nSPS) is 22.3. The van der Waals surface area contributed by atoms with Gasteiger partial charge in [0.25, 0.3) is 0 Å². The molecular weight excluding hydrogens is 402 g/mol. The van der Waals surface area contributed by atoms with Crippen molar-refractivity contribution < 1.29 is 9.90 Å². The largest absolute Gasteiger partial charge is 0.478 e. The van der Waals surface area contributed by atoms with Crippen molar-refractivity contribution in [3.63, 3.8) is 0 Å². The van der Waals surface area contributed by atoms with E-state index in [1.807, 2.05) is 18.2 Å². The van der Waals surface area contributed by atoms with Crippen LogP contribution < -0.4 is 5.32 Å². The first kappa shape index (κ1) is 16.6. The number of rotatable bonds is 2. The minimum atomic E-state index is -0.880. The number of carbonyl (C=O) groups is 1. The molecule has 0 fully saturated rings. The first-order chi connectivity index (χ1) is 13.1. The molecule has 0 unspecified atom stereocenters. The third-order valence-corrected chi connectivity index (χ3v) is 6.35. The van der Waals surface area contributed by atoms with Crippen LogP contribution in [0.4, 0.5) is 5.69 Å². The Hall–Kier alpha value is -2.59. The molecule has 1 aliphatic carbocycles. The molecule has 5 rings (SSSR count). The molecule has 0 spiro atoms. The zero-order valence-corrected chi connectivity index (χ0v) is 16.1. The van der Waals surface area contributed by atoms with Crippen LogP contribution in [-0.2, 0) is 6.42 Å². The van der Waals surface area contributed by atoms with E-state index < -0.39 is 5.97 Å². The van der Waals surface area contributed by atoms with Crippen molar-refractivity contribution in [2.24, 2.45) is 5.92 Å². The molecule has 1 aliphatic heterocycles. The second-order valence-electron chi connectivity index (χ2n) is 7.33. The standard InChI is InChI=1S/C23H18BrNO2/c24-16-6-3-5-14(10-16)22-19-11-13-4-1-2-7-17(13)21(19)18-12-15(23(26)27)8-9-20(18)25-22/h1-10,12,19,21-22,25H,11H2,(H,26,27)/t19-,21+,22-/m1/s1. The van der Waals surface area contributed by atoms with E-state index in [-0.39, 0.29) is 12.0 Å². The van der Waals surface area contributed by atoms with Gasteiger partial charge >= 0.3 is 5.97 Å². The van der Waals surface area contributed by atoms with E-state index in [0.717, 1.165) is 22.1 Å². The van der Waals surface area contributed by atoms with Crippen molar-refractivity contribution in [2.45, 2.75) is 18.4 Å². The highest BCUT2D eigenvalue weighted by molar-refractivity contribution is 9.10. The molecule has 0 bridgehead atoms. The monoisotopic (exact) mass is 419 g/mol. The SMILES string of the molecule is O=C(O)c1ccc2c(c1)[C@@H]1c3ccccc3C[C@H]1[C@@H](c1cccc(Br)c1)N2. The van der Waals surface area contributed by atoms with Crippen LogP contribution in [0.5, 0.6) is 0 Å². The van der Waals surface area contributed by atoms with Gasteiger partial charge in [0.2, 0.25) is 0 Å².